The van der Waals surface area contributed by atoms with Crippen molar-refractivity contribution in [3.63, 3.8) is 0 Å². The molecule has 86 valence electrons. The summed E-state index contributed by atoms with van der Waals surface area (Å²) in [5.41, 5.74) is 0.606. The van der Waals surface area contributed by atoms with Gasteiger partial charge in [0.25, 0.3) is 5.91 Å². The van der Waals surface area contributed by atoms with Crippen LogP contribution >= 0.6 is 0 Å². The summed E-state index contributed by atoms with van der Waals surface area (Å²) < 4.78 is 4.83. The van der Waals surface area contributed by atoms with Crippen molar-refractivity contribution in [1.82, 2.24) is 10.1 Å². The first-order valence-electron chi connectivity index (χ1n) is 5.06. The molecular weight excluding hydrogens is 212 g/mol. The second-order valence-corrected chi connectivity index (χ2v) is 3.83. The Morgan fingerprint density at radius 1 is 1.62 bits per heavy atom. The second-order valence-electron chi connectivity index (χ2n) is 3.83. The van der Waals surface area contributed by atoms with Crippen LogP contribution in [-0.4, -0.2) is 39.6 Å². The molecule has 6 nitrogen and oxygen atoms in total. The third-order valence-corrected chi connectivity index (χ3v) is 2.64. The molecule has 0 saturated carbocycles. The monoisotopic (exact) mass is 224 g/mol. The molecule has 0 bridgehead atoms. The number of aryl methyl sites for hydroxylation is 1. The van der Waals surface area contributed by atoms with Crippen LogP contribution < -0.4 is 0 Å². The zero-order valence-corrected chi connectivity index (χ0v) is 8.84. The van der Waals surface area contributed by atoms with E-state index in [0.29, 0.717) is 25.1 Å². The van der Waals surface area contributed by atoms with Crippen LogP contribution in [0.5, 0.6) is 0 Å². The Hall–Kier alpha value is -1.85. The van der Waals surface area contributed by atoms with Crippen molar-refractivity contribution in [2.75, 3.05) is 6.54 Å². The van der Waals surface area contributed by atoms with Crippen LogP contribution in [0.1, 0.15) is 29.1 Å². The van der Waals surface area contributed by atoms with E-state index in [0.717, 1.165) is 0 Å². The largest absolute Gasteiger partial charge is 0.480 e. The second kappa shape index (κ2) is 3.96. The summed E-state index contributed by atoms with van der Waals surface area (Å²) in [5, 5.41) is 12.6. The van der Waals surface area contributed by atoms with E-state index in [-0.39, 0.29) is 5.76 Å². The van der Waals surface area contributed by atoms with Gasteiger partial charge >= 0.3 is 5.97 Å². The first-order valence-corrected chi connectivity index (χ1v) is 5.06. The number of carbonyl (C=O) groups excluding carboxylic acids is 1. The van der Waals surface area contributed by atoms with Gasteiger partial charge in [-0.3, -0.25) is 4.79 Å². The molecule has 1 aromatic rings. The quantitative estimate of drug-likeness (QED) is 0.798. The van der Waals surface area contributed by atoms with Gasteiger partial charge in [0.05, 0.1) is 5.69 Å². The van der Waals surface area contributed by atoms with E-state index in [1.807, 2.05) is 0 Å². The number of aromatic nitrogens is 1. The van der Waals surface area contributed by atoms with E-state index in [1.54, 1.807) is 6.92 Å². The molecule has 1 N–H and O–H groups in total. The Labute approximate surface area is 91.8 Å². The Kier molecular flexibility index (Phi) is 2.64. The molecule has 1 atom stereocenters. The summed E-state index contributed by atoms with van der Waals surface area (Å²) in [5.74, 6) is -1.27. The van der Waals surface area contributed by atoms with Crippen LogP contribution in [0.3, 0.4) is 0 Å². The van der Waals surface area contributed by atoms with Crippen LogP contribution in [0.2, 0.25) is 0 Å². The number of carboxylic acids is 1. The van der Waals surface area contributed by atoms with Crippen molar-refractivity contribution in [1.29, 1.82) is 0 Å². The average Bonchev–Trinajstić information content (AvgIpc) is 2.84. The minimum Gasteiger partial charge on any atom is -0.480 e. The van der Waals surface area contributed by atoms with E-state index in [1.165, 1.54) is 11.0 Å². The standard InChI is InChI=1S/C10H12N2O4/c1-6-5-8(16-11-6)9(13)12-4-2-3-7(12)10(14)15/h5,7H,2-4H2,1H3,(H,14,15). The highest BCUT2D eigenvalue weighted by atomic mass is 16.5. The lowest BCUT2D eigenvalue weighted by molar-refractivity contribution is -0.141. The minimum absolute atomic E-state index is 0.102. The Balaban J connectivity index is 2.18. The van der Waals surface area contributed by atoms with Crippen molar-refractivity contribution in [2.45, 2.75) is 25.8 Å². The van der Waals surface area contributed by atoms with Crippen LogP contribution in [0.25, 0.3) is 0 Å². The summed E-state index contributed by atoms with van der Waals surface area (Å²) in [6, 6.07) is 0.775. The van der Waals surface area contributed by atoms with E-state index >= 15 is 0 Å². The number of likely N-dealkylation sites (tertiary alicyclic amines) is 1. The van der Waals surface area contributed by atoms with Crippen molar-refractivity contribution in [2.24, 2.45) is 0 Å². The molecule has 1 aliphatic heterocycles. The molecular formula is C10H12N2O4. The number of hydrogen-bond donors (Lipinski definition) is 1. The number of aliphatic carboxylic acids is 1. The number of nitrogens with zero attached hydrogens (tertiary/aromatic N) is 2. The zero-order chi connectivity index (χ0) is 11.7. The molecule has 0 spiro atoms. The summed E-state index contributed by atoms with van der Waals surface area (Å²) >= 11 is 0. The van der Waals surface area contributed by atoms with Crippen molar-refractivity contribution >= 4 is 11.9 Å². The van der Waals surface area contributed by atoms with Crippen molar-refractivity contribution < 1.29 is 19.2 Å². The van der Waals surface area contributed by atoms with Gasteiger partial charge in [-0.05, 0) is 19.8 Å². The van der Waals surface area contributed by atoms with Gasteiger partial charge in [0.15, 0.2) is 0 Å². The van der Waals surface area contributed by atoms with Crippen LogP contribution in [-0.2, 0) is 4.79 Å². The number of rotatable bonds is 2. The van der Waals surface area contributed by atoms with Gasteiger partial charge in [0.2, 0.25) is 5.76 Å². The molecule has 2 heterocycles. The van der Waals surface area contributed by atoms with Crippen LogP contribution in [0.15, 0.2) is 10.6 Å². The van der Waals surface area contributed by atoms with Gasteiger partial charge in [0, 0.05) is 12.6 Å². The van der Waals surface area contributed by atoms with Gasteiger partial charge in [-0.2, -0.15) is 0 Å². The number of amides is 1. The fraction of sp³-hybridized carbons (Fsp3) is 0.500. The number of hydrogen-bond acceptors (Lipinski definition) is 4. The molecule has 1 amide bonds. The average molecular weight is 224 g/mol. The lowest BCUT2D eigenvalue weighted by Crippen LogP contribution is -2.40. The molecule has 1 fully saturated rings. The summed E-state index contributed by atoms with van der Waals surface area (Å²) in [4.78, 5) is 24.1. The Morgan fingerprint density at radius 2 is 2.38 bits per heavy atom. The van der Waals surface area contributed by atoms with Gasteiger partial charge in [-0.1, -0.05) is 5.16 Å². The molecule has 0 aromatic carbocycles. The maximum Gasteiger partial charge on any atom is 0.326 e. The molecule has 2 rings (SSSR count). The zero-order valence-electron chi connectivity index (χ0n) is 8.84. The highest BCUT2D eigenvalue weighted by Crippen LogP contribution is 2.20. The maximum absolute atomic E-state index is 11.9. The third kappa shape index (κ3) is 1.78. The van der Waals surface area contributed by atoms with Gasteiger partial charge in [0.1, 0.15) is 6.04 Å². The topological polar surface area (TPSA) is 83.6 Å². The summed E-state index contributed by atoms with van der Waals surface area (Å²) in [6.45, 7) is 2.16. The summed E-state index contributed by atoms with van der Waals surface area (Å²) in [7, 11) is 0. The lowest BCUT2D eigenvalue weighted by atomic mass is 10.2. The van der Waals surface area contributed by atoms with Gasteiger partial charge in [-0.25, -0.2) is 4.79 Å². The van der Waals surface area contributed by atoms with Gasteiger partial charge in [-0.15, -0.1) is 0 Å². The molecule has 1 aromatic heterocycles. The smallest absolute Gasteiger partial charge is 0.326 e. The SMILES string of the molecule is Cc1cc(C(=O)N2CCCC2C(=O)O)on1. The van der Waals surface area contributed by atoms with Crippen LogP contribution in [0.4, 0.5) is 0 Å². The normalized spacial score (nSPS) is 20.1. The molecule has 0 radical (unpaired) electrons. The van der Waals surface area contributed by atoms with E-state index in [2.05, 4.69) is 5.16 Å². The maximum atomic E-state index is 11.9. The van der Waals surface area contributed by atoms with Crippen molar-refractivity contribution in [3.05, 3.63) is 17.5 Å². The third-order valence-electron chi connectivity index (χ3n) is 2.64. The molecule has 6 heteroatoms. The highest BCUT2D eigenvalue weighted by molar-refractivity contribution is 5.94. The van der Waals surface area contributed by atoms with E-state index < -0.39 is 17.9 Å². The highest BCUT2D eigenvalue weighted by Gasteiger charge is 2.35. The lowest BCUT2D eigenvalue weighted by Gasteiger charge is -2.19. The molecule has 1 aliphatic rings. The Morgan fingerprint density at radius 3 is 2.94 bits per heavy atom. The first-order chi connectivity index (χ1) is 7.59. The Bertz CT molecular complexity index is 426. The predicted molar refractivity (Wildman–Crippen MR) is 52.9 cm³/mol. The van der Waals surface area contributed by atoms with Crippen LogP contribution in [0, 0.1) is 6.92 Å². The molecule has 16 heavy (non-hydrogen) atoms. The van der Waals surface area contributed by atoms with Gasteiger partial charge < -0.3 is 14.5 Å². The minimum atomic E-state index is -0.970. The fourth-order valence-corrected chi connectivity index (χ4v) is 1.87. The fourth-order valence-electron chi connectivity index (χ4n) is 1.87. The summed E-state index contributed by atoms with van der Waals surface area (Å²) in [6.07, 6.45) is 1.20. The number of carboxylic acid groups (broad SMARTS) is 1. The predicted octanol–water partition coefficient (Wildman–Crippen LogP) is 0.672. The molecule has 1 saturated heterocycles. The number of carbonyl (C=O) groups is 2. The first kappa shape index (κ1) is 10.7. The molecule has 0 aliphatic carbocycles. The van der Waals surface area contributed by atoms with E-state index in [9.17, 15) is 9.59 Å². The molecule has 1 unspecified atom stereocenters. The van der Waals surface area contributed by atoms with E-state index in [4.69, 9.17) is 9.63 Å². The van der Waals surface area contributed by atoms with Crippen molar-refractivity contribution in [3.8, 4) is 0 Å².